The number of hydrogen-bond donors (Lipinski definition) is 0. The van der Waals surface area contributed by atoms with Gasteiger partial charge < -0.3 is 22.6 Å². The van der Waals surface area contributed by atoms with Crippen molar-refractivity contribution in [3.63, 3.8) is 0 Å². The van der Waals surface area contributed by atoms with Crippen molar-refractivity contribution < 1.29 is 73.9 Å². The molecule has 2 rings (SSSR count). The first kappa shape index (κ1) is 28.3. The van der Waals surface area contributed by atoms with Crippen LogP contribution in [0, 0.1) is 20.8 Å². The minimum absolute atomic E-state index is 0. The van der Waals surface area contributed by atoms with E-state index in [1.807, 2.05) is 4.90 Å². The summed E-state index contributed by atoms with van der Waals surface area (Å²) in [5.41, 5.74) is 8.80. The summed E-state index contributed by atoms with van der Waals surface area (Å²) in [4.78, 5) is 18.5. The standard InChI is InChI=1S/C19H28BF3N5O2.K/c1-12-15(13(2)17(25-26-24)14(3)16(12)20(21,22)23)11-27-7-9-28(10-8-27)18(29)30-19(4,5)6;/h7-11H2,1-6H3;/q-1;+1. The molecule has 166 valence electrons. The smallest absolute Gasteiger partial charge is 0.445 e. The largest absolute Gasteiger partial charge is 1.00 e. The maximum Gasteiger partial charge on any atom is 1.00 e. The fourth-order valence-electron chi connectivity index (χ4n) is 3.84. The Hall–Kier alpha value is -0.749. The van der Waals surface area contributed by atoms with E-state index in [2.05, 4.69) is 10.0 Å². The number of benzene rings is 1. The van der Waals surface area contributed by atoms with Crippen LogP contribution in [0.15, 0.2) is 5.11 Å². The predicted octanol–water partition coefficient (Wildman–Crippen LogP) is 1.66. The van der Waals surface area contributed by atoms with Gasteiger partial charge in [-0.05, 0) is 58.2 Å². The van der Waals surface area contributed by atoms with Crippen molar-refractivity contribution in [3.05, 3.63) is 32.7 Å². The van der Waals surface area contributed by atoms with Crippen molar-refractivity contribution in [2.24, 2.45) is 5.11 Å². The number of ether oxygens (including phenoxy) is 1. The van der Waals surface area contributed by atoms with Crippen LogP contribution in [0.3, 0.4) is 0 Å². The van der Waals surface area contributed by atoms with Crippen LogP contribution in [0.4, 0.5) is 23.4 Å². The first-order chi connectivity index (χ1) is 13.8. The Labute approximate surface area is 223 Å². The van der Waals surface area contributed by atoms with Crippen LogP contribution in [0.25, 0.3) is 10.4 Å². The second-order valence-corrected chi connectivity index (χ2v) is 8.62. The van der Waals surface area contributed by atoms with E-state index in [0.717, 1.165) is 0 Å². The van der Waals surface area contributed by atoms with E-state index in [1.54, 1.807) is 32.6 Å². The molecular formula is C19H28BF3KN5O2. The Balaban J connectivity index is 0.00000480. The second-order valence-electron chi connectivity index (χ2n) is 8.62. The summed E-state index contributed by atoms with van der Waals surface area (Å²) >= 11 is 0. The van der Waals surface area contributed by atoms with Crippen molar-refractivity contribution in [1.29, 1.82) is 0 Å². The molecule has 0 radical (unpaired) electrons. The Morgan fingerprint density at radius 3 is 2.10 bits per heavy atom. The molecule has 7 nitrogen and oxygen atoms in total. The molecule has 12 heteroatoms. The van der Waals surface area contributed by atoms with E-state index < -0.39 is 24.1 Å². The Morgan fingerprint density at radius 1 is 1.10 bits per heavy atom. The van der Waals surface area contributed by atoms with E-state index >= 15 is 0 Å². The molecule has 0 aliphatic carbocycles. The van der Waals surface area contributed by atoms with Crippen LogP contribution < -0.4 is 56.8 Å². The van der Waals surface area contributed by atoms with Gasteiger partial charge in [0, 0.05) is 43.3 Å². The summed E-state index contributed by atoms with van der Waals surface area (Å²) in [5, 5.41) is 3.55. The van der Waals surface area contributed by atoms with Gasteiger partial charge in [-0.3, -0.25) is 4.90 Å². The topological polar surface area (TPSA) is 81.5 Å². The SMILES string of the molecule is Cc1c(CN2CCN(C(=O)OC(C)(C)C)CC2)c(C)c([B-](F)(F)F)c(C)c1N=[N+]=[N-].[K+]. The van der Waals surface area contributed by atoms with Crippen LogP contribution in [0.5, 0.6) is 0 Å². The monoisotopic (exact) mass is 465 g/mol. The number of halogens is 3. The third-order valence-electron chi connectivity index (χ3n) is 5.30. The number of amides is 1. The summed E-state index contributed by atoms with van der Waals surface area (Å²) in [6.45, 7) is 6.79. The molecule has 0 unspecified atom stereocenters. The molecule has 1 saturated heterocycles. The molecule has 1 amide bonds. The van der Waals surface area contributed by atoms with Crippen molar-refractivity contribution in [2.75, 3.05) is 26.2 Å². The summed E-state index contributed by atoms with van der Waals surface area (Å²) < 4.78 is 46.6. The van der Waals surface area contributed by atoms with Gasteiger partial charge in [0.1, 0.15) is 5.60 Å². The van der Waals surface area contributed by atoms with Crippen molar-refractivity contribution >= 4 is 24.2 Å². The van der Waals surface area contributed by atoms with E-state index in [9.17, 15) is 17.7 Å². The third kappa shape index (κ3) is 7.12. The molecule has 1 aliphatic rings. The molecule has 1 aliphatic heterocycles. The number of rotatable bonds is 4. The van der Waals surface area contributed by atoms with E-state index in [0.29, 0.717) is 37.3 Å². The van der Waals surface area contributed by atoms with E-state index in [4.69, 9.17) is 10.3 Å². The molecule has 0 aromatic heterocycles. The quantitative estimate of drug-likeness (QED) is 0.294. The van der Waals surface area contributed by atoms with Crippen LogP contribution in [-0.2, 0) is 11.3 Å². The number of piperazine rings is 1. The zero-order valence-electron chi connectivity index (χ0n) is 19.3. The summed E-state index contributed by atoms with van der Waals surface area (Å²) in [6.07, 6.45) is -0.391. The second kappa shape index (κ2) is 10.9. The molecule has 1 fully saturated rings. The molecule has 0 N–H and O–H groups in total. The minimum atomic E-state index is -5.26. The van der Waals surface area contributed by atoms with Gasteiger partial charge in [-0.1, -0.05) is 16.2 Å². The minimum Gasteiger partial charge on any atom is -0.445 e. The molecule has 0 saturated carbocycles. The first-order valence-electron chi connectivity index (χ1n) is 9.84. The van der Waals surface area contributed by atoms with Crippen LogP contribution in [0.1, 0.15) is 43.0 Å². The number of hydrogen-bond acceptors (Lipinski definition) is 4. The van der Waals surface area contributed by atoms with Crippen molar-refractivity contribution in [2.45, 2.75) is 53.7 Å². The van der Waals surface area contributed by atoms with Crippen molar-refractivity contribution in [3.8, 4) is 0 Å². The average Bonchev–Trinajstić information content (AvgIpc) is 2.60. The Kier molecular flexibility index (Phi) is 9.96. The van der Waals surface area contributed by atoms with E-state index in [-0.39, 0.29) is 74.7 Å². The summed E-state index contributed by atoms with van der Waals surface area (Å²) in [6, 6.07) is 0. The molecule has 0 bridgehead atoms. The summed E-state index contributed by atoms with van der Waals surface area (Å²) in [7, 11) is 0. The number of carbonyl (C=O) groups is 1. The van der Waals surface area contributed by atoms with Gasteiger partial charge in [0.2, 0.25) is 0 Å². The Bertz CT molecular complexity index is 875. The van der Waals surface area contributed by atoms with Gasteiger partial charge in [-0.2, -0.15) is 0 Å². The maximum atomic E-state index is 13.8. The first-order valence-corrected chi connectivity index (χ1v) is 9.84. The molecule has 1 aromatic rings. The normalized spacial score (nSPS) is 15.2. The molecule has 31 heavy (non-hydrogen) atoms. The average molecular weight is 465 g/mol. The van der Waals surface area contributed by atoms with Crippen LogP contribution in [-0.4, -0.2) is 54.7 Å². The fraction of sp³-hybridized carbons (Fsp3) is 0.632. The predicted molar refractivity (Wildman–Crippen MR) is 111 cm³/mol. The number of nitrogens with zero attached hydrogens (tertiary/aromatic N) is 5. The fourth-order valence-corrected chi connectivity index (χ4v) is 3.84. The number of azide groups is 1. The third-order valence-corrected chi connectivity index (χ3v) is 5.30. The van der Waals surface area contributed by atoms with Crippen molar-refractivity contribution in [1.82, 2.24) is 9.80 Å². The Morgan fingerprint density at radius 2 is 1.65 bits per heavy atom. The van der Waals surface area contributed by atoms with Gasteiger partial charge in [0.05, 0.1) is 0 Å². The van der Waals surface area contributed by atoms with Crippen LogP contribution >= 0.6 is 0 Å². The number of carbonyl (C=O) groups excluding carboxylic acids is 1. The molecule has 1 heterocycles. The van der Waals surface area contributed by atoms with E-state index in [1.165, 1.54) is 13.8 Å². The molecule has 1 aromatic carbocycles. The van der Waals surface area contributed by atoms with Gasteiger partial charge in [-0.25, -0.2) is 4.79 Å². The van der Waals surface area contributed by atoms with Gasteiger partial charge in [0.15, 0.2) is 0 Å². The zero-order chi connectivity index (χ0) is 22.9. The molecule has 0 atom stereocenters. The van der Waals surface area contributed by atoms with Gasteiger partial charge in [-0.15, -0.1) is 5.46 Å². The van der Waals surface area contributed by atoms with Gasteiger partial charge in [0.25, 0.3) is 0 Å². The molecular weight excluding hydrogens is 437 g/mol. The molecule has 0 spiro atoms. The summed E-state index contributed by atoms with van der Waals surface area (Å²) in [5.74, 6) is 0. The van der Waals surface area contributed by atoms with Gasteiger partial charge >= 0.3 is 64.5 Å². The van der Waals surface area contributed by atoms with Crippen LogP contribution in [0.2, 0.25) is 0 Å². The maximum absolute atomic E-state index is 13.8. The zero-order valence-corrected chi connectivity index (χ0v) is 22.4.